The van der Waals surface area contributed by atoms with Crippen molar-refractivity contribution in [2.75, 3.05) is 10.6 Å². The van der Waals surface area contributed by atoms with Gasteiger partial charge < -0.3 is 15.4 Å². The highest BCUT2D eigenvalue weighted by molar-refractivity contribution is 5.60. The van der Waals surface area contributed by atoms with Crippen LogP contribution in [0.3, 0.4) is 0 Å². The summed E-state index contributed by atoms with van der Waals surface area (Å²) in [4.78, 5) is 8.52. The molecular formula is C19H19FN4O. The quantitative estimate of drug-likeness (QED) is 0.670. The lowest BCUT2D eigenvalue weighted by Crippen LogP contribution is -2.05. The minimum absolute atomic E-state index is 0.136. The Morgan fingerprint density at radius 2 is 1.76 bits per heavy atom. The summed E-state index contributed by atoms with van der Waals surface area (Å²) in [6.07, 6.45) is 1.77. The molecule has 25 heavy (non-hydrogen) atoms. The van der Waals surface area contributed by atoms with Crippen molar-refractivity contribution in [3.63, 3.8) is 0 Å². The van der Waals surface area contributed by atoms with E-state index in [1.807, 2.05) is 38.1 Å². The van der Waals surface area contributed by atoms with E-state index >= 15 is 0 Å². The largest absolute Gasteiger partial charge is 0.491 e. The van der Waals surface area contributed by atoms with Gasteiger partial charge in [0, 0.05) is 17.6 Å². The summed E-state index contributed by atoms with van der Waals surface area (Å²) in [6, 6.07) is 15.5. The molecule has 0 atom stereocenters. The van der Waals surface area contributed by atoms with E-state index in [0.717, 1.165) is 11.4 Å². The number of anilines is 4. The molecule has 1 aromatic heterocycles. The minimum Gasteiger partial charge on any atom is -0.491 e. The van der Waals surface area contributed by atoms with Gasteiger partial charge in [-0.25, -0.2) is 9.37 Å². The van der Waals surface area contributed by atoms with Crippen molar-refractivity contribution in [3.8, 4) is 5.75 Å². The van der Waals surface area contributed by atoms with Gasteiger partial charge in [0.1, 0.15) is 17.4 Å². The van der Waals surface area contributed by atoms with Crippen LogP contribution in [-0.4, -0.2) is 16.1 Å². The Morgan fingerprint density at radius 1 is 0.960 bits per heavy atom. The Labute approximate surface area is 145 Å². The third kappa shape index (κ3) is 4.91. The number of rotatable bonds is 6. The van der Waals surface area contributed by atoms with Gasteiger partial charge in [-0.15, -0.1) is 0 Å². The van der Waals surface area contributed by atoms with Crippen LogP contribution in [0.5, 0.6) is 5.75 Å². The molecule has 0 spiro atoms. The molecular weight excluding hydrogens is 319 g/mol. The summed E-state index contributed by atoms with van der Waals surface area (Å²) in [5, 5.41) is 6.18. The Kier molecular flexibility index (Phi) is 5.09. The molecule has 3 rings (SSSR count). The van der Waals surface area contributed by atoms with Crippen molar-refractivity contribution in [2.24, 2.45) is 0 Å². The molecule has 0 bridgehead atoms. The molecule has 1 heterocycles. The van der Waals surface area contributed by atoms with Crippen LogP contribution in [-0.2, 0) is 0 Å². The fraction of sp³-hybridized carbons (Fsp3) is 0.158. The van der Waals surface area contributed by atoms with E-state index in [1.165, 1.54) is 12.1 Å². The molecule has 0 unspecified atom stereocenters. The lowest BCUT2D eigenvalue weighted by Gasteiger charge is -2.11. The highest BCUT2D eigenvalue weighted by atomic mass is 19.1. The van der Waals surface area contributed by atoms with Gasteiger partial charge >= 0.3 is 0 Å². The molecule has 2 N–H and O–H groups in total. The van der Waals surface area contributed by atoms with E-state index in [2.05, 4.69) is 20.6 Å². The molecule has 128 valence electrons. The first-order chi connectivity index (χ1) is 12.1. The zero-order valence-electron chi connectivity index (χ0n) is 14.0. The molecule has 0 amide bonds. The summed E-state index contributed by atoms with van der Waals surface area (Å²) < 4.78 is 18.9. The average molecular weight is 338 g/mol. The molecule has 0 aliphatic heterocycles. The Balaban J connectivity index is 1.69. The highest BCUT2D eigenvalue weighted by Gasteiger charge is 2.03. The minimum atomic E-state index is -0.317. The van der Waals surface area contributed by atoms with Gasteiger partial charge in [0.15, 0.2) is 0 Å². The topological polar surface area (TPSA) is 59.1 Å². The van der Waals surface area contributed by atoms with Crippen LogP contribution >= 0.6 is 0 Å². The molecule has 3 aromatic rings. The zero-order chi connectivity index (χ0) is 17.6. The maximum atomic E-state index is 13.2. The second kappa shape index (κ2) is 7.61. The summed E-state index contributed by atoms with van der Waals surface area (Å²) in [7, 11) is 0. The monoisotopic (exact) mass is 338 g/mol. The molecule has 0 saturated heterocycles. The number of aromatic nitrogens is 2. The summed E-state index contributed by atoms with van der Waals surface area (Å²) in [5.74, 6) is 1.52. The first kappa shape index (κ1) is 16.7. The average Bonchev–Trinajstić information content (AvgIpc) is 2.57. The van der Waals surface area contributed by atoms with E-state index in [1.54, 1.807) is 24.4 Å². The number of nitrogens with one attached hydrogen (secondary N) is 2. The maximum Gasteiger partial charge on any atom is 0.229 e. The summed E-state index contributed by atoms with van der Waals surface area (Å²) >= 11 is 0. The third-order valence-electron chi connectivity index (χ3n) is 3.23. The lowest BCUT2D eigenvalue weighted by molar-refractivity contribution is 0.242. The number of nitrogens with zero attached hydrogens (tertiary/aromatic N) is 2. The van der Waals surface area contributed by atoms with Crippen molar-refractivity contribution in [3.05, 3.63) is 66.6 Å². The molecule has 0 radical (unpaired) electrons. The van der Waals surface area contributed by atoms with E-state index < -0.39 is 0 Å². The van der Waals surface area contributed by atoms with Crippen LogP contribution < -0.4 is 15.4 Å². The van der Waals surface area contributed by atoms with Crippen LogP contribution in [0.25, 0.3) is 0 Å². The molecule has 5 nitrogen and oxygen atoms in total. The molecule has 2 aromatic carbocycles. The van der Waals surface area contributed by atoms with Gasteiger partial charge in [-0.3, -0.25) is 0 Å². The van der Waals surface area contributed by atoms with E-state index in [-0.39, 0.29) is 11.9 Å². The van der Waals surface area contributed by atoms with Crippen molar-refractivity contribution >= 4 is 23.1 Å². The predicted octanol–water partition coefficient (Wildman–Crippen LogP) is 4.89. The Bertz CT molecular complexity index is 837. The zero-order valence-corrected chi connectivity index (χ0v) is 14.0. The molecule has 6 heteroatoms. The Morgan fingerprint density at radius 3 is 2.48 bits per heavy atom. The van der Waals surface area contributed by atoms with Crippen LogP contribution in [0.1, 0.15) is 13.8 Å². The van der Waals surface area contributed by atoms with Crippen molar-refractivity contribution in [1.29, 1.82) is 0 Å². The lowest BCUT2D eigenvalue weighted by atomic mass is 10.3. The highest BCUT2D eigenvalue weighted by Crippen LogP contribution is 2.21. The third-order valence-corrected chi connectivity index (χ3v) is 3.23. The van der Waals surface area contributed by atoms with Crippen molar-refractivity contribution in [2.45, 2.75) is 20.0 Å². The molecule has 0 saturated carbocycles. The van der Waals surface area contributed by atoms with Gasteiger partial charge in [0.2, 0.25) is 5.95 Å². The van der Waals surface area contributed by atoms with Crippen LogP contribution in [0.15, 0.2) is 60.8 Å². The first-order valence-electron chi connectivity index (χ1n) is 7.98. The van der Waals surface area contributed by atoms with Crippen LogP contribution in [0, 0.1) is 5.82 Å². The number of ether oxygens (including phenoxy) is 1. The number of benzene rings is 2. The van der Waals surface area contributed by atoms with Crippen LogP contribution in [0.4, 0.5) is 27.5 Å². The van der Waals surface area contributed by atoms with Crippen LogP contribution in [0.2, 0.25) is 0 Å². The van der Waals surface area contributed by atoms with Crippen molar-refractivity contribution < 1.29 is 9.13 Å². The SMILES string of the molecule is CC(C)Oc1ccc(Nc2ccnc(Nc3cccc(F)c3)n2)cc1. The van der Waals surface area contributed by atoms with Crippen molar-refractivity contribution in [1.82, 2.24) is 9.97 Å². The Hall–Kier alpha value is -3.15. The van der Waals surface area contributed by atoms with Gasteiger partial charge in [0.05, 0.1) is 6.10 Å². The smallest absolute Gasteiger partial charge is 0.229 e. The second-order valence-corrected chi connectivity index (χ2v) is 5.72. The fourth-order valence-corrected chi connectivity index (χ4v) is 2.22. The number of halogens is 1. The first-order valence-corrected chi connectivity index (χ1v) is 7.98. The second-order valence-electron chi connectivity index (χ2n) is 5.72. The van der Waals surface area contributed by atoms with Gasteiger partial charge in [-0.2, -0.15) is 4.98 Å². The number of hydrogen-bond acceptors (Lipinski definition) is 5. The van der Waals surface area contributed by atoms with Gasteiger partial charge in [0.25, 0.3) is 0 Å². The van der Waals surface area contributed by atoms with Gasteiger partial charge in [-0.05, 0) is 62.4 Å². The molecule has 0 aliphatic carbocycles. The molecule has 0 aliphatic rings. The summed E-state index contributed by atoms with van der Waals surface area (Å²) in [6.45, 7) is 3.97. The van der Waals surface area contributed by atoms with E-state index in [4.69, 9.17) is 4.74 Å². The standard InChI is InChI=1S/C19H19FN4O/c1-13(2)25-17-8-6-15(7-9-17)22-18-10-11-21-19(24-18)23-16-5-3-4-14(20)12-16/h3-13H,1-2H3,(H2,21,22,23,24). The molecule has 0 fully saturated rings. The maximum absolute atomic E-state index is 13.2. The fourth-order valence-electron chi connectivity index (χ4n) is 2.22. The number of hydrogen-bond donors (Lipinski definition) is 2. The summed E-state index contributed by atoms with van der Waals surface area (Å²) in [5.41, 5.74) is 1.47. The van der Waals surface area contributed by atoms with E-state index in [0.29, 0.717) is 17.5 Å². The van der Waals surface area contributed by atoms with E-state index in [9.17, 15) is 4.39 Å². The normalized spacial score (nSPS) is 10.6. The van der Waals surface area contributed by atoms with Gasteiger partial charge in [-0.1, -0.05) is 6.07 Å². The predicted molar refractivity (Wildman–Crippen MR) is 97.2 cm³/mol.